The Bertz CT molecular complexity index is 1020. The molecule has 154 valence electrons. The maximum absolute atomic E-state index is 15.0. The fraction of sp³-hybridized carbons (Fsp3) is 0.368. The highest BCUT2D eigenvalue weighted by molar-refractivity contribution is 5.89. The predicted molar refractivity (Wildman–Crippen MR) is 97.1 cm³/mol. The van der Waals surface area contributed by atoms with Crippen LogP contribution >= 0.6 is 0 Å². The average Bonchev–Trinajstić information content (AvgIpc) is 2.98. The first-order valence-corrected chi connectivity index (χ1v) is 8.79. The molecular weight excluding hydrogens is 387 g/mol. The van der Waals surface area contributed by atoms with Crippen LogP contribution in [0.1, 0.15) is 29.1 Å². The van der Waals surface area contributed by atoms with E-state index in [9.17, 15) is 19.2 Å². The third-order valence-corrected chi connectivity index (χ3v) is 4.38. The number of nitrogens with one attached hydrogen (secondary N) is 1. The lowest BCUT2D eigenvalue weighted by atomic mass is 10.1. The molecule has 1 aliphatic heterocycles. The number of carbonyl (C=O) groups is 2. The summed E-state index contributed by atoms with van der Waals surface area (Å²) in [6, 6.07) is 8.14. The maximum Gasteiger partial charge on any atom is 0.338 e. The summed E-state index contributed by atoms with van der Waals surface area (Å²) in [5, 5.41) is 0. The molecule has 3 rings (SSSR count). The minimum atomic E-state index is -1.93. The summed E-state index contributed by atoms with van der Waals surface area (Å²) < 4.78 is 31.6. The van der Waals surface area contributed by atoms with Crippen molar-refractivity contribution in [1.82, 2.24) is 9.55 Å². The number of benzene rings is 1. The first-order valence-electron chi connectivity index (χ1n) is 8.79. The number of aromatic amines is 1. The standard InChI is InChI=1S/C19H19FN2O7/c1-10-8-22(19(26)21-16(10)24)17-14(20)15(28-11(2)23)13(29-17)9-27-18(25)12-6-4-3-5-7-12/h3-8,13-15,17H,9H2,1-2H3,(H,21,24,26)/t13-,14+,15-,17-/m1/s1. The molecule has 1 aliphatic rings. The van der Waals surface area contributed by atoms with Gasteiger partial charge in [-0.3, -0.25) is 19.1 Å². The Labute approximate surface area is 164 Å². The van der Waals surface area contributed by atoms with E-state index in [0.717, 1.165) is 17.7 Å². The number of nitrogens with zero attached hydrogens (tertiary/aromatic N) is 1. The summed E-state index contributed by atoms with van der Waals surface area (Å²) in [6.07, 6.45) is -4.79. The molecule has 0 saturated carbocycles. The van der Waals surface area contributed by atoms with E-state index in [1.165, 1.54) is 6.92 Å². The van der Waals surface area contributed by atoms with E-state index in [4.69, 9.17) is 14.2 Å². The number of H-pyrrole nitrogens is 1. The van der Waals surface area contributed by atoms with Crippen LogP contribution in [0.5, 0.6) is 0 Å². The van der Waals surface area contributed by atoms with E-state index < -0.39 is 54.4 Å². The van der Waals surface area contributed by atoms with E-state index in [0.29, 0.717) is 0 Å². The van der Waals surface area contributed by atoms with Gasteiger partial charge in [0.2, 0.25) is 0 Å². The highest BCUT2D eigenvalue weighted by atomic mass is 19.1. The van der Waals surface area contributed by atoms with Crippen LogP contribution in [0.4, 0.5) is 4.39 Å². The molecule has 1 N–H and O–H groups in total. The van der Waals surface area contributed by atoms with Gasteiger partial charge in [0.1, 0.15) is 12.7 Å². The Morgan fingerprint density at radius 1 is 1.24 bits per heavy atom. The molecule has 4 atom stereocenters. The first-order chi connectivity index (χ1) is 13.8. The van der Waals surface area contributed by atoms with E-state index in [1.54, 1.807) is 30.3 Å². The molecule has 2 heterocycles. The summed E-state index contributed by atoms with van der Waals surface area (Å²) in [5.74, 6) is -1.42. The van der Waals surface area contributed by atoms with Crippen LogP contribution in [0.2, 0.25) is 0 Å². The van der Waals surface area contributed by atoms with E-state index in [1.807, 2.05) is 0 Å². The minimum Gasteiger partial charge on any atom is -0.459 e. The summed E-state index contributed by atoms with van der Waals surface area (Å²) in [6.45, 7) is 2.14. The van der Waals surface area contributed by atoms with Crippen molar-refractivity contribution in [3.8, 4) is 0 Å². The highest BCUT2D eigenvalue weighted by Crippen LogP contribution is 2.33. The molecule has 1 aromatic heterocycles. The van der Waals surface area contributed by atoms with E-state index in [2.05, 4.69) is 4.98 Å². The van der Waals surface area contributed by atoms with E-state index in [-0.39, 0.29) is 11.1 Å². The van der Waals surface area contributed by atoms with Gasteiger partial charge >= 0.3 is 17.6 Å². The molecule has 0 unspecified atom stereocenters. The van der Waals surface area contributed by atoms with Gasteiger partial charge < -0.3 is 14.2 Å². The van der Waals surface area contributed by atoms with Crippen molar-refractivity contribution in [1.29, 1.82) is 0 Å². The second-order valence-corrected chi connectivity index (χ2v) is 6.53. The Morgan fingerprint density at radius 2 is 1.93 bits per heavy atom. The number of hydrogen-bond acceptors (Lipinski definition) is 7. The van der Waals surface area contributed by atoms with Crippen LogP contribution in [-0.4, -0.2) is 46.5 Å². The first kappa shape index (κ1) is 20.5. The SMILES string of the molecule is CC(=O)O[C@H]1[C@H](F)[C@H](n2cc(C)c(=O)[nH]c2=O)O[C@@H]1COC(=O)c1ccccc1. The summed E-state index contributed by atoms with van der Waals surface area (Å²) in [7, 11) is 0. The van der Waals surface area contributed by atoms with Crippen molar-refractivity contribution in [2.45, 2.75) is 38.5 Å². The lowest BCUT2D eigenvalue weighted by Gasteiger charge is -2.18. The number of hydrogen-bond donors (Lipinski definition) is 1. The van der Waals surface area contributed by atoms with Gasteiger partial charge in [-0.05, 0) is 19.1 Å². The number of rotatable bonds is 5. The van der Waals surface area contributed by atoms with Crippen LogP contribution < -0.4 is 11.2 Å². The summed E-state index contributed by atoms with van der Waals surface area (Å²) in [5.41, 5.74) is -1.03. The second kappa shape index (κ2) is 8.39. The fourth-order valence-electron chi connectivity index (χ4n) is 2.98. The number of halogens is 1. The molecular formula is C19H19FN2O7. The monoisotopic (exact) mass is 406 g/mol. The molecule has 0 bridgehead atoms. The Kier molecular flexibility index (Phi) is 5.92. The normalized spacial score (nSPS) is 23.6. The van der Waals surface area contributed by atoms with Crippen LogP contribution in [0.3, 0.4) is 0 Å². The van der Waals surface area contributed by atoms with Crippen molar-refractivity contribution < 1.29 is 28.2 Å². The molecule has 1 aromatic carbocycles. The van der Waals surface area contributed by atoms with Crippen molar-refractivity contribution in [3.05, 3.63) is 68.5 Å². The molecule has 0 amide bonds. The van der Waals surface area contributed by atoms with Gasteiger partial charge in [0.05, 0.1) is 5.56 Å². The second-order valence-electron chi connectivity index (χ2n) is 6.53. The zero-order valence-corrected chi connectivity index (χ0v) is 15.7. The van der Waals surface area contributed by atoms with Crippen LogP contribution in [0.25, 0.3) is 0 Å². The quantitative estimate of drug-likeness (QED) is 0.732. The van der Waals surface area contributed by atoms with Gasteiger partial charge in [-0.1, -0.05) is 18.2 Å². The van der Waals surface area contributed by atoms with Crippen molar-refractivity contribution in [2.24, 2.45) is 0 Å². The van der Waals surface area contributed by atoms with Gasteiger partial charge in [-0.25, -0.2) is 14.0 Å². The van der Waals surface area contributed by atoms with Crippen LogP contribution in [-0.2, 0) is 19.0 Å². The Balaban J connectivity index is 1.81. The van der Waals surface area contributed by atoms with Gasteiger partial charge in [0, 0.05) is 18.7 Å². The predicted octanol–water partition coefficient (Wildman–Crippen LogP) is 0.869. The summed E-state index contributed by atoms with van der Waals surface area (Å²) in [4.78, 5) is 49.2. The molecule has 0 aliphatic carbocycles. The van der Waals surface area contributed by atoms with Crippen molar-refractivity contribution in [2.75, 3.05) is 6.61 Å². The van der Waals surface area contributed by atoms with Gasteiger partial charge in [0.25, 0.3) is 5.56 Å². The molecule has 0 spiro atoms. The molecule has 1 fully saturated rings. The zero-order chi connectivity index (χ0) is 21.1. The number of aromatic nitrogens is 2. The number of esters is 2. The molecule has 10 heteroatoms. The van der Waals surface area contributed by atoms with E-state index >= 15 is 4.39 Å². The van der Waals surface area contributed by atoms with Crippen LogP contribution in [0.15, 0.2) is 46.1 Å². The minimum absolute atomic E-state index is 0.170. The Morgan fingerprint density at radius 3 is 2.59 bits per heavy atom. The third kappa shape index (κ3) is 4.43. The Hall–Kier alpha value is -3.27. The molecule has 2 aromatic rings. The number of alkyl halides is 1. The third-order valence-electron chi connectivity index (χ3n) is 4.38. The largest absolute Gasteiger partial charge is 0.459 e. The maximum atomic E-state index is 15.0. The fourth-order valence-corrected chi connectivity index (χ4v) is 2.98. The summed E-state index contributed by atoms with van der Waals surface area (Å²) >= 11 is 0. The van der Waals surface area contributed by atoms with Crippen molar-refractivity contribution >= 4 is 11.9 Å². The topological polar surface area (TPSA) is 117 Å². The van der Waals surface area contributed by atoms with Gasteiger partial charge in [-0.15, -0.1) is 0 Å². The molecule has 29 heavy (non-hydrogen) atoms. The highest BCUT2D eigenvalue weighted by Gasteiger charge is 2.49. The van der Waals surface area contributed by atoms with Gasteiger partial charge in [-0.2, -0.15) is 0 Å². The number of aryl methyl sites for hydroxylation is 1. The molecule has 9 nitrogen and oxygen atoms in total. The lowest BCUT2D eigenvalue weighted by Crippen LogP contribution is -2.38. The van der Waals surface area contributed by atoms with Crippen molar-refractivity contribution in [3.63, 3.8) is 0 Å². The molecule has 0 radical (unpaired) electrons. The average molecular weight is 406 g/mol. The lowest BCUT2D eigenvalue weighted by molar-refractivity contribution is -0.152. The molecule has 1 saturated heterocycles. The number of ether oxygens (including phenoxy) is 3. The van der Waals surface area contributed by atoms with Crippen LogP contribution in [0, 0.1) is 6.92 Å². The smallest absolute Gasteiger partial charge is 0.338 e. The van der Waals surface area contributed by atoms with Gasteiger partial charge in [0.15, 0.2) is 18.5 Å². The zero-order valence-electron chi connectivity index (χ0n) is 15.7. The number of carbonyl (C=O) groups excluding carboxylic acids is 2.